The van der Waals surface area contributed by atoms with Crippen LogP contribution in [-0.2, 0) is 4.74 Å². The van der Waals surface area contributed by atoms with Gasteiger partial charge in [-0.15, -0.1) is 0 Å². The molecule has 4 heteroatoms. The van der Waals surface area contributed by atoms with Gasteiger partial charge in [0.1, 0.15) is 5.75 Å². The second-order valence-electron chi connectivity index (χ2n) is 5.74. The van der Waals surface area contributed by atoms with Gasteiger partial charge in [-0.3, -0.25) is 0 Å². The summed E-state index contributed by atoms with van der Waals surface area (Å²) in [7, 11) is 1.62. The molecule has 24 heavy (non-hydrogen) atoms. The number of methoxy groups -OCH3 is 1. The molecule has 124 valence electrons. The van der Waals surface area contributed by atoms with Gasteiger partial charge in [0.05, 0.1) is 24.8 Å². The van der Waals surface area contributed by atoms with Crippen molar-refractivity contribution in [2.45, 2.75) is 20.8 Å². The number of aryl methyl sites for hydroxylation is 1. The van der Waals surface area contributed by atoms with Gasteiger partial charge in [0, 0.05) is 16.8 Å². The van der Waals surface area contributed by atoms with Gasteiger partial charge in [-0.25, -0.2) is 4.79 Å². The Morgan fingerprint density at radius 3 is 2.58 bits per heavy atom. The number of carbonyl (C=O) groups is 1. The van der Waals surface area contributed by atoms with E-state index in [-0.39, 0.29) is 5.97 Å². The number of rotatable bonds is 4. The van der Waals surface area contributed by atoms with Crippen molar-refractivity contribution in [3.05, 3.63) is 59.3 Å². The Morgan fingerprint density at radius 1 is 1.12 bits per heavy atom. The first-order chi connectivity index (χ1) is 11.6. The van der Waals surface area contributed by atoms with Gasteiger partial charge in [-0.1, -0.05) is 12.1 Å². The van der Waals surface area contributed by atoms with Crippen molar-refractivity contribution in [3.8, 4) is 11.4 Å². The fraction of sp³-hybridized carbons (Fsp3) is 0.250. The van der Waals surface area contributed by atoms with Gasteiger partial charge in [-0.2, -0.15) is 0 Å². The average molecular weight is 323 g/mol. The van der Waals surface area contributed by atoms with E-state index >= 15 is 0 Å². The smallest absolute Gasteiger partial charge is 0.340 e. The predicted octanol–water partition coefficient (Wildman–Crippen LogP) is 4.43. The molecule has 4 nitrogen and oxygen atoms in total. The highest BCUT2D eigenvalue weighted by Gasteiger charge is 2.22. The molecular formula is C20H21NO3. The van der Waals surface area contributed by atoms with Gasteiger partial charge >= 0.3 is 5.97 Å². The Kier molecular flexibility index (Phi) is 4.30. The lowest BCUT2D eigenvalue weighted by molar-refractivity contribution is 0.0527. The third kappa shape index (κ3) is 2.64. The van der Waals surface area contributed by atoms with Crippen LogP contribution >= 0.6 is 0 Å². The molecule has 2 aromatic carbocycles. The second-order valence-corrected chi connectivity index (χ2v) is 5.74. The second kappa shape index (κ2) is 6.40. The molecule has 0 radical (unpaired) electrons. The lowest BCUT2D eigenvalue weighted by Gasteiger charge is -2.10. The number of fused-ring (bicyclic) bond motifs is 1. The van der Waals surface area contributed by atoms with E-state index < -0.39 is 0 Å². The van der Waals surface area contributed by atoms with Crippen LogP contribution in [-0.4, -0.2) is 24.3 Å². The van der Waals surface area contributed by atoms with Crippen LogP contribution in [0.15, 0.2) is 42.5 Å². The fourth-order valence-corrected chi connectivity index (χ4v) is 3.09. The molecule has 1 aromatic heterocycles. The van der Waals surface area contributed by atoms with Crippen LogP contribution < -0.4 is 4.74 Å². The minimum absolute atomic E-state index is 0.306. The monoisotopic (exact) mass is 323 g/mol. The first-order valence-electron chi connectivity index (χ1n) is 8.00. The van der Waals surface area contributed by atoms with Crippen molar-refractivity contribution in [3.63, 3.8) is 0 Å². The van der Waals surface area contributed by atoms with Crippen LogP contribution in [0.1, 0.15) is 28.5 Å². The van der Waals surface area contributed by atoms with Crippen LogP contribution in [0.3, 0.4) is 0 Å². The molecule has 0 amide bonds. The van der Waals surface area contributed by atoms with Crippen molar-refractivity contribution < 1.29 is 14.3 Å². The van der Waals surface area contributed by atoms with Crippen molar-refractivity contribution in [2.24, 2.45) is 0 Å². The lowest BCUT2D eigenvalue weighted by atomic mass is 10.1. The number of benzene rings is 2. The van der Waals surface area contributed by atoms with Gasteiger partial charge in [0.25, 0.3) is 0 Å². The van der Waals surface area contributed by atoms with Crippen LogP contribution in [0.25, 0.3) is 16.6 Å². The lowest BCUT2D eigenvalue weighted by Crippen LogP contribution is -2.07. The van der Waals surface area contributed by atoms with E-state index in [1.54, 1.807) is 7.11 Å². The van der Waals surface area contributed by atoms with Crippen molar-refractivity contribution in [2.75, 3.05) is 13.7 Å². The van der Waals surface area contributed by atoms with E-state index in [4.69, 9.17) is 9.47 Å². The molecular weight excluding hydrogens is 302 g/mol. The molecule has 0 saturated carbocycles. The van der Waals surface area contributed by atoms with E-state index in [0.29, 0.717) is 12.2 Å². The fourth-order valence-electron chi connectivity index (χ4n) is 3.09. The molecule has 0 fully saturated rings. The van der Waals surface area contributed by atoms with Crippen molar-refractivity contribution >= 4 is 16.9 Å². The summed E-state index contributed by atoms with van der Waals surface area (Å²) < 4.78 is 12.7. The zero-order valence-corrected chi connectivity index (χ0v) is 14.4. The maximum atomic E-state index is 12.5. The number of hydrogen-bond acceptors (Lipinski definition) is 3. The quantitative estimate of drug-likeness (QED) is 0.667. The largest absolute Gasteiger partial charge is 0.497 e. The zero-order chi connectivity index (χ0) is 17.3. The van der Waals surface area contributed by atoms with Gasteiger partial charge in [0.15, 0.2) is 0 Å². The Morgan fingerprint density at radius 2 is 1.92 bits per heavy atom. The number of ether oxygens (including phenoxy) is 2. The number of carbonyl (C=O) groups excluding carboxylic acids is 1. The van der Waals surface area contributed by atoms with E-state index in [1.165, 1.54) is 5.56 Å². The standard InChI is InChI=1S/C20H21NO3/c1-5-24-20(22)19-14(3)21(15-8-6-7-13(2)11-15)18-10-9-16(23-4)12-17(18)19/h6-12H,5H2,1-4H3. The van der Waals surface area contributed by atoms with Crippen LogP contribution in [0.5, 0.6) is 5.75 Å². The summed E-state index contributed by atoms with van der Waals surface area (Å²) in [5.41, 5.74) is 4.61. The van der Waals surface area contributed by atoms with Gasteiger partial charge in [-0.05, 0) is 56.7 Å². The number of nitrogens with zero attached hydrogens (tertiary/aromatic N) is 1. The summed E-state index contributed by atoms with van der Waals surface area (Å²) in [5, 5.41) is 0.840. The van der Waals surface area contributed by atoms with Crippen molar-refractivity contribution in [1.29, 1.82) is 0 Å². The molecule has 0 aliphatic heterocycles. The van der Waals surface area contributed by atoms with Crippen LogP contribution in [0.4, 0.5) is 0 Å². The Labute approximate surface area is 141 Å². The number of hydrogen-bond donors (Lipinski definition) is 0. The van der Waals surface area contributed by atoms with E-state index in [1.807, 2.05) is 44.2 Å². The maximum absolute atomic E-state index is 12.5. The molecule has 3 aromatic rings. The Bertz CT molecular complexity index is 909. The van der Waals surface area contributed by atoms with Crippen LogP contribution in [0.2, 0.25) is 0 Å². The minimum atomic E-state index is -0.306. The van der Waals surface area contributed by atoms with E-state index in [0.717, 1.165) is 28.0 Å². The SMILES string of the molecule is CCOC(=O)c1c(C)n(-c2cccc(C)c2)c2ccc(OC)cc12. The molecule has 0 aliphatic carbocycles. The topological polar surface area (TPSA) is 40.5 Å². The highest BCUT2D eigenvalue weighted by molar-refractivity contribution is 6.07. The third-order valence-electron chi connectivity index (χ3n) is 4.15. The molecule has 0 atom stereocenters. The molecule has 0 aliphatic rings. The molecule has 0 unspecified atom stereocenters. The number of esters is 1. The molecule has 0 N–H and O–H groups in total. The highest BCUT2D eigenvalue weighted by atomic mass is 16.5. The van der Waals surface area contributed by atoms with Gasteiger partial charge in [0.2, 0.25) is 0 Å². The zero-order valence-electron chi connectivity index (χ0n) is 14.4. The summed E-state index contributed by atoms with van der Waals surface area (Å²) in [6.07, 6.45) is 0. The minimum Gasteiger partial charge on any atom is -0.497 e. The van der Waals surface area contributed by atoms with Gasteiger partial charge < -0.3 is 14.0 Å². The molecule has 3 rings (SSSR count). The maximum Gasteiger partial charge on any atom is 0.340 e. The summed E-state index contributed by atoms with van der Waals surface area (Å²) in [6, 6.07) is 14.0. The summed E-state index contributed by atoms with van der Waals surface area (Å²) in [4.78, 5) is 12.5. The third-order valence-corrected chi connectivity index (χ3v) is 4.15. The van der Waals surface area contributed by atoms with E-state index in [9.17, 15) is 4.79 Å². The van der Waals surface area contributed by atoms with E-state index in [2.05, 4.69) is 23.6 Å². The molecule has 1 heterocycles. The normalized spacial score (nSPS) is 10.8. The van der Waals surface area contributed by atoms with Crippen molar-refractivity contribution in [1.82, 2.24) is 4.57 Å². The molecule has 0 bridgehead atoms. The molecule has 0 saturated heterocycles. The Hall–Kier alpha value is -2.75. The predicted molar refractivity (Wildman–Crippen MR) is 95.3 cm³/mol. The molecule has 0 spiro atoms. The average Bonchev–Trinajstić information content (AvgIpc) is 2.86. The first kappa shape index (κ1) is 16.1. The summed E-state index contributed by atoms with van der Waals surface area (Å²) in [6.45, 7) is 6.16. The summed E-state index contributed by atoms with van der Waals surface area (Å²) >= 11 is 0. The highest BCUT2D eigenvalue weighted by Crippen LogP contribution is 2.32. The Balaban J connectivity index is 2.34. The number of aromatic nitrogens is 1. The summed E-state index contributed by atoms with van der Waals surface area (Å²) in [5.74, 6) is 0.411. The first-order valence-corrected chi connectivity index (χ1v) is 8.00. The van der Waals surface area contributed by atoms with Crippen LogP contribution in [0, 0.1) is 13.8 Å².